The summed E-state index contributed by atoms with van der Waals surface area (Å²) in [5, 5.41) is 15.0. The van der Waals surface area contributed by atoms with E-state index in [1.807, 2.05) is 13.8 Å². The fourth-order valence-electron chi connectivity index (χ4n) is 2.50. The summed E-state index contributed by atoms with van der Waals surface area (Å²) in [4.78, 5) is 35.7. The summed E-state index contributed by atoms with van der Waals surface area (Å²) >= 11 is 0. The Morgan fingerprint density at radius 3 is 2.08 bits per heavy atom. The predicted molar refractivity (Wildman–Crippen MR) is 97.6 cm³/mol. The number of carbonyl (C=O) groups excluding carboxylic acids is 2. The van der Waals surface area contributed by atoms with Gasteiger partial charge in [-0.2, -0.15) is 0 Å². The average Bonchev–Trinajstić information content (AvgIpc) is 2.59. The van der Waals surface area contributed by atoms with Crippen LogP contribution >= 0.6 is 0 Å². The summed E-state index contributed by atoms with van der Waals surface area (Å²) in [5.41, 5.74) is 0.0112. The first-order chi connectivity index (χ1) is 11.8. The van der Waals surface area contributed by atoms with Crippen molar-refractivity contribution in [1.82, 2.24) is 5.32 Å². The van der Waals surface area contributed by atoms with Gasteiger partial charge in [-0.25, -0.2) is 0 Å². The fourth-order valence-corrected chi connectivity index (χ4v) is 2.50. The van der Waals surface area contributed by atoms with Gasteiger partial charge in [0.2, 0.25) is 5.91 Å². The molecule has 6 heteroatoms. The fraction of sp³-hybridized carbons (Fsp3) is 0.526. The van der Waals surface area contributed by atoms with Crippen molar-refractivity contribution in [3.8, 4) is 0 Å². The zero-order chi connectivity index (χ0) is 19.0. The molecule has 25 heavy (non-hydrogen) atoms. The quantitative estimate of drug-likeness (QED) is 0.637. The monoisotopic (exact) mass is 348 g/mol. The number of rotatable bonds is 9. The molecule has 0 saturated carbocycles. The van der Waals surface area contributed by atoms with Crippen LogP contribution in [0.2, 0.25) is 0 Å². The molecule has 1 rings (SSSR count). The largest absolute Gasteiger partial charge is 0.481 e. The molecule has 0 heterocycles. The van der Waals surface area contributed by atoms with Crippen molar-refractivity contribution in [3.05, 3.63) is 29.8 Å². The van der Waals surface area contributed by atoms with E-state index >= 15 is 0 Å². The number of carbonyl (C=O) groups is 3. The average molecular weight is 348 g/mol. The van der Waals surface area contributed by atoms with E-state index < -0.39 is 11.4 Å². The molecule has 1 aromatic carbocycles. The highest BCUT2D eigenvalue weighted by molar-refractivity contribution is 5.96. The smallest absolute Gasteiger partial charge is 0.310 e. The number of benzene rings is 1. The second-order valence-electron chi connectivity index (χ2n) is 6.38. The molecule has 138 valence electrons. The molecule has 0 spiro atoms. The van der Waals surface area contributed by atoms with E-state index in [9.17, 15) is 19.5 Å². The SMILES string of the molecule is CCC(C)NC(=O)c1ccc(NC(=O)CC(CC)(CC)C(=O)O)cc1. The highest BCUT2D eigenvalue weighted by atomic mass is 16.4. The number of carboxylic acids is 1. The number of anilines is 1. The maximum atomic E-state index is 12.2. The normalized spacial score (nSPS) is 12.3. The second-order valence-corrected chi connectivity index (χ2v) is 6.38. The van der Waals surface area contributed by atoms with Gasteiger partial charge in [0.05, 0.1) is 5.41 Å². The lowest BCUT2D eigenvalue weighted by Gasteiger charge is -2.25. The van der Waals surface area contributed by atoms with Gasteiger partial charge in [-0.15, -0.1) is 0 Å². The predicted octanol–water partition coefficient (Wildman–Crippen LogP) is 3.43. The standard InChI is InChI=1S/C19H28N2O4/c1-5-13(4)20-17(23)14-8-10-15(11-9-14)21-16(22)12-19(6-2,7-3)18(24)25/h8-11,13H,5-7,12H2,1-4H3,(H,20,23)(H,21,22)(H,24,25). The number of nitrogens with one attached hydrogen (secondary N) is 2. The van der Waals surface area contributed by atoms with Gasteiger partial charge in [-0.1, -0.05) is 20.8 Å². The van der Waals surface area contributed by atoms with E-state index in [-0.39, 0.29) is 24.3 Å². The van der Waals surface area contributed by atoms with Gasteiger partial charge in [0.1, 0.15) is 0 Å². The Morgan fingerprint density at radius 1 is 1.08 bits per heavy atom. The minimum absolute atomic E-state index is 0.0778. The Labute approximate surface area is 149 Å². The molecule has 0 radical (unpaired) electrons. The summed E-state index contributed by atoms with van der Waals surface area (Å²) < 4.78 is 0. The van der Waals surface area contributed by atoms with Crippen molar-refractivity contribution < 1.29 is 19.5 Å². The van der Waals surface area contributed by atoms with Crippen LogP contribution in [0, 0.1) is 5.41 Å². The lowest BCUT2D eigenvalue weighted by molar-refractivity contribution is -0.151. The van der Waals surface area contributed by atoms with Crippen molar-refractivity contribution in [2.24, 2.45) is 5.41 Å². The van der Waals surface area contributed by atoms with Crippen molar-refractivity contribution >= 4 is 23.5 Å². The van der Waals surface area contributed by atoms with Crippen molar-refractivity contribution in [1.29, 1.82) is 0 Å². The minimum atomic E-state index is -1.04. The van der Waals surface area contributed by atoms with Gasteiger partial charge < -0.3 is 15.7 Å². The Hall–Kier alpha value is -2.37. The maximum Gasteiger partial charge on any atom is 0.310 e. The first-order valence-corrected chi connectivity index (χ1v) is 8.72. The molecule has 0 aliphatic carbocycles. The summed E-state index contributed by atoms with van der Waals surface area (Å²) in [6.07, 6.45) is 1.55. The molecule has 0 aliphatic heterocycles. The Kier molecular flexibility index (Phi) is 7.61. The molecule has 0 saturated heterocycles. The van der Waals surface area contributed by atoms with Crippen LogP contribution < -0.4 is 10.6 Å². The van der Waals surface area contributed by atoms with Crippen LogP contribution in [0.1, 0.15) is 63.7 Å². The van der Waals surface area contributed by atoms with Gasteiger partial charge in [0.15, 0.2) is 0 Å². The third-order valence-corrected chi connectivity index (χ3v) is 4.73. The van der Waals surface area contributed by atoms with E-state index in [0.717, 1.165) is 6.42 Å². The van der Waals surface area contributed by atoms with E-state index in [2.05, 4.69) is 10.6 Å². The highest BCUT2D eigenvalue weighted by Crippen LogP contribution is 2.31. The lowest BCUT2D eigenvalue weighted by atomic mass is 9.79. The van der Waals surface area contributed by atoms with Crippen LogP contribution in [0.4, 0.5) is 5.69 Å². The Morgan fingerprint density at radius 2 is 1.64 bits per heavy atom. The topological polar surface area (TPSA) is 95.5 Å². The third kappa shape index (κ3) is 5.59. The lowest BCUT2D eigenvalue weighted by Crippen LogP contribution is -2.34. The molecular formula is C19H28N2O4. The van der Waals surface area contributed by atoms with Crippen LogP contribution in [0.15, 0.2) is 24.3 Å². The molecule has 0 fully saturated rings. The summed E-state index contributed by atoms with van der Waals surface area (Å²) in [5.74, 6) is -1.46. The summed E-state index contributed by atoms with van der Waals surface area (Å²) in [7, 11) is 0. The van der Waals surface area contributed by atoms with Crippen molar-refractivity contribution in [2.75, 3.05) is 5.32 Å². The van der Waals surface area contributed by atoms with Gasteiger partial charge >= 0.3 is 5.97 Å². The maximum absolute atomic E-state index is 12.2. The van der Waals surface area contributed by atoms with E-state index in [1.54, 1.807) is 38.1 Å². The van der Waals surface area contributed by atoms with Gasteiger partial charge in [0.25, 0.3) is 5.91 Å². The number of hydrogen-bond acceptors (Lipinski definition) is 3. The number of hydrogen-bond donors (Lipinski definition) is 3. The number of carboxylic acid groups (broad SMARTS) is 1. The van der Waals surface area contributed by atoms with E-state index in [4.69, 9.17) is 0 Å². The molecule has 0 bridgehead atoms. The van der Waals surface area contributed by atoms with E-state index in [1.165, 1.54) is 0 Å². The number of aliphatic carboxylic acids is 1. The first kappa shape index (κ1) is 20.7. The van der Waals surface area contributed by atoms with Crippen LogP contribution in [0.3, 0.4) is 0 Å². The van der Waals surface area contributed by atoms with Crippen LogP contribution in [-0.2, 0) is 9.59 Å². The number of amides is 2. The van der Waals surface area contributed by atoms with Crippen molar-refractivity contribution in [2.45, 2.75) is 59.4 Å². The molecule has 6 nitrogen and oxygen atoms in total. The molecule has 0 aliphatic rings. The zero-order valence-corrected chi connectivity index (χ0v) is 15.4. The van der Waals surface area contributed by atoms with Crippen LogP contribution in [0.25, 0.3) is 0 Å². The first-order valence-electron chi connectivity index (χ1n) is 8.72. The molecular weight excluding hydrogens is 320 g/mol. The molecule has 3 N–H and O–H groups in total. The summed E-state index contributed by atoms with van der Waals surface area (Å²) in [6.45, 7) is 7.47. The molecule has 2 amide bonds. The Balaban J connectivity index is 2.73. The van der Waals surface area contributed by atoms with Crippen LogP contribution in [0.5, 0.6) is 0 Å². The molecule has 0 aromatic heterocycles. The third-order valence-electron chi connectivity index (χ3n) is 4.73. The Bertz CT molecular complexity index is 606. The highest BCUT2D eigenvalue weighted by Gasteiger charge is 2.37. The molecule has 1 aromatic rings. The van der Waals surface area contributed by atoms with Gasteiger partial charge in [-0.05, 0) is 50.5 Å². The van der Waals surface area contributed by atoms with E-state index in [0.29, 0.717) is 24.1 Å². The summed E-state index contributed by atoms with van der Waals surface area (Å²) in [6, 6.07) is 6.65. The van der Waals surface area contributed by atoms with Crippen molar-refractivity contribution in [3.63, 3.8) is 0 Å². The minimum Gasteiger partial charge on any atom is -0.481 e. The molecule has 1 atom stereocenters. The van der Waals surface area contributed by atoms with Crippen LogP contribution in [-0.4, -0.2) is 28.9 Å². The zero-order valence-electron chi connectivity index (χ0n) is 15.4. The van der Waals surface area contributed by atoms with Gasteiger partial charge in [0, 0.05) is 23.7 Å². The van der Waals surface area contributed by atoms with Gasteiger partial charge in [-0.3, -0.25) is 14.4 Å². The molecule has 1 unspecified atom stereocenters. The second kappa shape index (κ2) is 9.20.